The smallest absolute Gasteiger partial charge is 0.183 e. The largest absolute Gasteiger partial charge is 0.508 e. The van der Waals surface area contributed by atoms with Gasteiger partial charge in [0.1, 0.15) is 11.5 Å². The zero-order chi connectivity index (χ0) is 28.3. The Labute approximate surface area is 239 Å². The summed E-state index contributed by atoms with van der Waals surface area (Å²) in [5.41, 5.74) is 0.109. The summed E-state index contributed by atoms with van der Waals surface area (Å²) < 4.78 is 0. The van der Waals surface area contributed by atoms with E-state index >= 15 is 0 Å². The Morgan fingerprint density at radius 2 is 0.875 bits per heavy atom. The van der Waals surface area contributed by atoms with Crippen LogP contribution in [0.25, 0.3) is 0 Å². The summed E-state index contributed by atoms with van der Waals surface area (Å²) in [6.45, 7) is 8.06. The van der Waals surface area contributed by atoms with E-state index in [1.165, 1.54) is 12.8 Å². The van der Waals surface area contributed by atoms with E-state index < -0.39 is 11.1 Å². The zero-order valence-electron chi connectivity index (χ0n) is 24.3. The third-order valence-corrected chi connectivity index (χ3v) is 10.5. The van der Waals surface area contributed by atoms with Crippen LogP contribution >= 0.6 is 0 Å². The van der Waals surface area contributed by atoms with Crippen molar-refractivity contribution in [2.24, 2.45) is 11.8 Å². The molecule has 1 aliphatic carbocycles. The molecule has 0 aromatic heterocycles. The van der Waals surface area contributed by atoms with Gasteiger partial charge in [-0.1, -0.05) is 12.8 Å². The van der Waals surface area contributed by atoms with Crippen LogP contribution in [0.2, 0.25) is 0 Å². The van der Waals surface area contributed by atoms with E-state index in [2.05, 4.69) is 23.6 Å². The van der Waals surface area contributed by atoms with Crippen LogP contribution in [0.5, 0.6) is 11.5 Å². The Balaban J connectivity index is 1.41. The van der Waals surface area contributed by atoms with Gasteiger partial charge in [0.05, 0.1) is 11.1 Å². The second-order valence-corrected chi connectivity index (χ2v) is 12.7. The van der Waals surface area contributed by atoms with Crippen LogP contribution in [0.1, 0.15) is 98.8 Å². The third-order valence-electron chi connectivity index (χ3n) is 10.5. The standard InChI is InChI=1S/C34H46N2O4/c1-33(35-21-5-3-6-22-35,31(39)25-9-17-29(37)18-10-25)27-13-15-28(16-14-27)34(2,36-23-7-4-8-24-36)32(40)26-11-19-30(38)20-12-26/h9-12,17-20,27-28,37-38H,3-8,13-16,21-24H2,1-2H3. The number of phenolic OH excluding ortho intramolecular Hbond substituents is 2. The zero-order valence-corrected chi connectivity index (χ0v) is 24.3. The van der Waals surface area contributed by atoms with E-state index in [-0.39, 0.29) is 34.9 Å². The second kappa shape index (κ2) is 12.0. The van der Waals surface area contributed by atoms with E-state index in [0.717, 1.165) is 77.5 Å². The minimum atomic E-state index is -0.606. The minimum absolute atomic E-state index is 0.150. The van der Waals surface area contributed by atoms with Crippen LogP contribution in [0.4, 0.5) is 0 Å². The SMILES string of the molecule is CC(C(=O)c1ccc(O)cc1)(C1CCC(C(C)(C(=O)c2ccc(O)cc2)N2CCCCC2)CC1)N1CCCCC1. The highest BCUT2D eigenvalue weighted by molar-refractivity contribution is 6.04. The van der Waals surface area contributed by atoms with Crippen molar-refractivity contribution in [1.29, 1.82) is 0 Å². The molecule has 40 heavy (non-hydrogen) atoms. The average Bonchev–Trinajstić information content (AvgIpc) is 3.01. The van der Waals surface area contributed by atoms with Crippen molar-refractivity contribution in [3.63, 3.8) is 0 Å². The molecule has 2 heterocycles. The van der Waals surface area contributed by atoms with Crippen molar-refractivity contribution in [3.8, 4) is 11.5 Å². The molecule has 3 fully saturated rings. The maximum Gasteiger partial charge on any atom is 0.183 e. The number of likely N-dealkylation sites (tertiary alicyclic amines) is 2. The summed E-state index contributed by atoms with van der Waals surface area (Å²) >= 11 is 0. The normalized spacial score (nSPS) is 25.9. The van der Waals surface area contributed by atoms with Crippen LogP contribution in [-0.2, 0) is 0 Å². The molecule has 2 aromatic carbocycles. The molecular formula is C34H46N2O4. The lowest BCUT2D eigenvalue weighted by molar-refractivity contribution is -0.0117. The van der Waals surface area contributed by atoms with Crippen LogP contribution < -0.4 is 0 Å². The average molecular weight is 547 g/mol. The monoisotopic (exact) mass is 546 g/mol. The van der Waals surface area contributed by atoms with Crippen molar-refractivity contribution in [3.05, 3.63) is 59.7 Å². The number of rotatable bonds is 8. The number of carbonyl (C=O) groups is 2. The first-order chi connectivity index (χ1) is 19.2. The Kier molecular flexibility index (Phi) is 8.67. The molecule has 2 aromatic rings. The molecule has 216 valence electrons. The van der Waals surface area contributed by atoms with Crippen LogP contribution in [0.15, 0.2) is 48.5 Å². The first-order valence-corrected chi connectivity index (χ1v) is 15.4. The molecule has 2 N–H and O–H groups in total. The highest BCUT2D eigenvalue weighted by atomic mass is 16.3. The third kappa shape index (κ3) is 5.45. The number of ketones is 2. The summed E-state index contributed by atoms with van der Waals surface area (Å²) in [6, 6.07) is 13.5. The lowest BCUT2D eigenvalue weighted by atomic mass is 9.63. The van der Waals surface area contributed by atoms with Crippen LogP contribution in [0.3, 0.4) is 0 Å². The Morgan fingerprint density at radius 1 is 0.575 bits per heavy atom. The van der Waals surface area contributed by atoms with E-state index in [4.69, 9.17) is 0 Å². The quantitative estimate of drug-likeness (QED) is 0.370. The molecule has 2 aliphatic heterocycles. The molecule has 3 aliphatic rings. The van der Waals surface area contributed by atoms with Gasteiger partial charge in [0.25, 0.3) is 0 Å². The van der Waals surface area contributed by atoms with Gasteiger partial charge in [-0.05, 0) is 152 Å². The van der Waals surface area contributed by atoms with Gasteiger partial charge in [0, 0.05) is 11.1 Å². The fourth-order valence-corrected chi connectivity index (χ4v) is 7.92. The summed E-state index contributed by atoms with van der Waals surface area (Å²) in [4.78, 5) is 33.3. The molecule has 2 unspecified atom stereocenters. The fourth-order valence-electron chi connectivity index (χ4n) is 7.92. The summed E-state index contributed by atoms with van der Waals surface area (Å²) in [5, 5.41) is 19.7. The van der Waals surface area contributed by atoms with Crippen LogP contribution in [-0.4, -0.2) is 68.8 Å². The van der Waals surface area contributed by atoms with E-state index in [1.807, 2.05) is 0 Å². The molecule has 0 amide bonds. The van der Waals surface area contributed by atoms with Crippen molar-refractivity contribution >= 4 is 11.6 Å². The number of nitrogens with zero attached hydrogens (tertiary/aromatic N) is 2. The first-order valence-electron chi connectivity index (χ1n) is 15.4. The van der Waals surface area contributed by atoms with Crippen molar-refractivity contribution in [1.82, 2.24) is 9.80 Å². The molecule has 2 saturated heterocycles. The predicted octanol–water partition coefficient (Wildman–Crippen LogP) is 6.46. The fraction of sp³-hybridized carbons (Fsp3) is 0.588. The first kappa shape index (κ1) is 28.8. The number of Topliss-reactive ketones (excluding diaryl/α,β-unsaturated/α-hetero) is 2. The molecule has 2 atom stereocenters. The minimum Gasteiger partial charge on any atom is -0.508 e. The van der Waals surface area contributed by atoms with Crippen LogP contribution in [0, 0.1) is 11.8 Å². The van der Waals surface area contributed by atoms with Crippen molar-refractivity contribution in [2.45, 2.75) is 89.1 Å². The number of benzene rings is 2. The van der Waals surface area contributed by atoms with Gasteiger partial charge < -0.3 is 10.2 Å². The highest BCUT2D eigenvalue weighted by Crippen LogP contribution is 2.46. The molecule has 5 rings (SSSR count). The Hall–Kier alpha value is -2.70. The van der Waals surface area contributed by atoms with Crippen molar-refractivity contribution in [2.75, 3.05) is 26.2 Å². The van der Waals surface area contributed by atoms with E-state index in [0.29, 0.717) is 11.1 Å². The number of aromatic hydroxyl groups is 2. The number of phenols is 2. The lowest BCUT2D eigenvalue weighted by Crippen LogP contribution is -2.62. The predicted molar refractivity (Wildman–Crippen MR) is 158 cm³/mol. The molecule has 1 saturated carbocycles. The van der Waals surface area contributed by atoms with Gasteiger partial charge in [0.2, 0.25) is 0 Å². The molecule has 0 bridgehead atoms. The Morgan fingerprint density at radius 3 is 1.18 bits per heavy atom. The Bertz CT molecular complexity index is 1070. The number of hydrogen-bond donors (Lipinski definition) is 2. The number of piperidine rings is 2. The van der Waals surface area contributed by atoms with Gasteiger partial charge in [-0.25, -0.2) is 0 Å². The molecule has 6 nitrogen and oxygen atoms in total. The van der Waals surface area contributed by atoms with Gasteiger partial charge in [-0.15, -0.1) is 0 Å². The van der Waals surface area contributed by atoms with E-state index in [1.54, 1.807) is 48.5 Å². The topological polar surface area (TPSA) is 81.1 Å². The molecular weight excluding hydrogens is 500 g/mol. The lowest BCUT2D eigenvalue weighted by Gasteiger charge is -2.52. The molecule has 0 spiro atoms. The van der Waals surface area contributed by atoms with E-state index in [9.17, 15) is 19.8 Å². The van der Waals surface area contributed by atoms with Crippen molar-refractivity contribution < 1.29 is 19.8 Å². The summed E-state index contributed by atoms with van der Waals surface area (Å²) in [7, 11) is 0. The number of carbonyl (C=O) groups excluding carboxylic acids is 2. The second-order valence-electron chi connectivity index (χ2n) is 12.7. The van der Waals surface area contributed by atoms with Gasteiger partial charge in [-0.3, -0.25) is 19.4 Å². The maximum atomic E-state index is 14.2. The molecule has 0 radical (unpaired) electrons. The summed E-state index contributed by atoms with van der Waals surface area (Å²) in [6.07, 6.45) is 10.5. The highest BCUT2D eigenvalue weighted by Gasteiger charge is 2.52. The molecule has 6 heteroatoms. The number of hydrogen-bond acceptors (Lipinski definition) is 6. The van der Waals surface area contributed by atoms with Gasteiger partial charge >= 0.3 is 0 Å². The van der Waals surface area contributed by atoms with Gasteiger partial charge in [0.15, 0.2) is 11.6 Å². The summed E-state index contributed by atoms with van der Waals surface area (Å²) in [5.74, 6) is 1.06. The maximum absolute atomic E-state index is 14.2. The van der Waals surface area contributed by atoms with Gasteiger partial charge in [-0.2, -0.15) is 0 Å².